The van der Waals surface area contributed by atoms with Gasteiger partial charge in [0.2, 0.25) is 5.91 Å². The van der Waals surface area contributed by atoms with E-state index in [4.69, 9.17) is 0 Å². The van der Waals surface area contributed by atoms with Crippen LogP contribution in [0.1, 0.15) is 26.5 Å². The smallest absolute Gasteiger partial charge is 0.233 e. The molecular weight excluding hydrogens is 216 g/mol. The second kappa shape index (κ2) is 7.06. The molecule has 0 aliphatic rings. The van der Waals surface area contributed by atoms with Gasteiger partial charge in [0, 0.05) is 25.8 Å². The number of aromatic nitrogens is 2. The number of amides is 1. The molecule has 0 aliphatic heterocycles. The maximum atomic E-state index is 11.4. The van der Waals surface area contributed by atoms with Gasteiger partial charge < -0.3 is 15.2 Å². The van der Waals surface area contributed by atoms with E-state index in [0.717, 1.165) is 18.8 Å². The van der Waals surface area contributed by atoms with Crippen LogP contribution in [0.4, 0.5) is 0 Å². The number of carbonyl (C=O) groups is 1. The first-order valence-electron chi connectivity index (χ1n) is 6.10. The third kappa shape index (κ3) is 4.99. The average Bonchev–Trinajstić information content (AvgIpc) is 2.74. The van der Waals surface area contributed by atoms with Gasteiger partial charge >= 0.3 is 0 Å². The fraction of sp³-hybridized carbons (Fsp3) is 0.667. The Morgan fingerprint density at radius 1 is 1.53 bits per heavy atom. The standard InChI is InChI=1S/C12H22N4O/c1-4-16-9-14-7-11(16)6-13-8-12(17)15-5-10(2)3/h7,9-10,13H,4-6,8H2,1-3H3,(H,15,17). The Kier molecular flexibility index (Phi) is 5.69. The third-order valence-corrected chi connectivity index (χ3v) is 2.44. The number of hydrogen-bond donors (Lipinski definition) is 2. The van der Waals surface area contributed by atoms with E-state index in [9.17, 15) is 4.79 Å². The summed E-state index contributed by atoms with van der Waals surface area (Å²) in [7, 11) is 0. The molecule has 0 saturated heterocycles. The van der Waals surface area contributed by atoms with Gasteiger partial charge in [0.1, 0.15) is 0 Å². The number of carbonyl (C=O) groups excluding carboxylic acids is 1. The first kappa shape index (κ1) is 13.7. The summed E-state index contributed by atoms with van der Waals surface area (Å²) in [5.41, 5.74) is 1.10. The first-order valence-corrected chi connectivity index (χ1v) is 6.10. The summed E-state index contributed by atoms with van der Waals surface area (Å²) >= 11 is 0. The van der Waals surface area contributed by atoms with Crippen molar-refractivity contribution >= 4 is 5.91 Å². The monoisotopic (exact) mass is 238 g/mol. The fourth-order valence-corrected chi connectivity index (χ4v) is 1.46. The lowest BCUT2D eigenvalue weighted by atomic mass is 10.2. The van der Waals surface area contributed by atoms with Gasteiger partial charge in [-0.2, -0.15) is 0 Å². The molecule has 0 unspecified atom stereocenters. The summed E-state index contributed by atoms with van der Waals surface area (Å²) in [4.78, 5) is 15.5. The number of nitrogens with one attached hydrogen (secondary N) is 2. The lowest BCUT2D eigenvalue weighted by molar-refractivity contribution is -0.120. The molecule has 96 valence electrons. The van der Waals surface area contributed by atoms with Gasteiger partial charge in [0.25, 0.3) is 0 Å². The van der Waals surface area contributed by atoms with Crippen LogP contribution in [0.3, 0.4) is 0 Å². The molecule has 0 bridgehead atoms. The summed E-state index contributed by atoms with van der Waals surface area (Å²) in [5.74, 6) is 0.529. The van der Waals surface area contributed by atoms with E-state index in [0.29, 0.717) is 19.0 Å². The summed E-state index contributed by atoms with van der Waals surface area (Å²) in [6, 6.07) is 0. The van der Waals surface area contributed by atoms with E-state index in [1.165, 1.54) is 0 Å². The lowest BCUT2D eigenvalue weighted by Crippen LogP contribution is -2.35. The molecule has 1 heterocycles. The van der Waals surface area contributed by atoms with Crippen LogP contribution in [0.2, 0.25) is 0 Å². The van der Waals surface area contributed by atoms with Crippen molar-refractivity contribution in [1.82, 2.24) is 20.2 Å². The number of rotatable bonds is 7. The zero-order valence-corrected chi connectivity index (χ0v) is 10.9. The average molecular weight is 238 g/mol. The SMILES string of the molecule is CCn1cncc1CNCC(=O)NCC(C)C. The molecule has 0 radical (unpaired) electrons. The predicted octanol–water partition coefficient (Wildman–Crippen LogP) is 0.765. The molecular formula is C12H22N4O. The highest BCUT2D eigenvalue weighted by Gasteiger charge is 2.03. The van der Waals surface area contributed by atoms with Gasteiger partial charge in [-0.25, -0.2) is 4.98 Å². The molecule has 0 spiro atoms. The zero-order valence-electron chi connectivity index (χ0n) is 10.9. The van der Waals surface area contributed by atoms with Crippen LogP contribution >= 0.6 is 0 Å². The van der Waals surface area contributed by atoms with Crippen LogP contribution in [-0.2, 0) is 17.9 Å². The van der Waals surface area contributed by atoms with Gasteiger partial charge in [-0.3, -0.25) is 4.79 Å². The molecule has 5 nitrogen and oxygen atoms in total. The van der Waals surface area contributed by atoms with Crippen molar-refractivity contribution in [3.8, 4) is 0 Å². The minimum absolute atomic E-state index is 0.0428. The highest BCUT2D eigenvalue weighted by atomic mass is 16.1. The van der Waals surface area contributed by atoms with E-state index in [1.54, 1.807) is 6.33 Å². The fourth-order valence-electron chi connectivity index (χ4n) is 1.46. The van der Waals surface area contributed by atoms with Crippen LogP contribution < -0.4 is 10.6 Å². The highest BCUT2D eigenvalue weighted by molar-refractivity contribution is 5.77. The van der Waals surface area contributed by atoms with E-state index in [2.05, 4.69) is 41.0 Å². The molecule has 1 aromatic heterocycles. The summed E-state index contributed by atoms with van der Waals surface area (Å²) in [6.07, 6.45) is 3.62. The van der Waals surface area contributed by atoms with Gasteiger partial charge in [0.15, 0.2) is 0 Å². The Morgan fingerprint density at radius 2 is 2.29 bits per heavy atom. The number of imidazole rings is 1. The van der Waals surface area contributed by atoms with Crippen molar-refractivity contribution in [2.45, 2.75) is 33.9 Å². The molecule has 0 saturated carbocycles. The number of nitrogens with zero attached hydrogens (tertiary/aromatic N) is 2. The Labute approximate surface area is 103 Å². The predicted molar refractivity (Wildman–Crippen MR) is 67.5 cm³/mol. The third-order valence-electron chi connectivity index (χ3n) is 2.44. The van der Waals surface area contributed by atoms with E-state index < -0.39 is 0 Å². The van der Waals surface area contributed by atoms with Crippen LogP contribution in [0, 0.1) is 5.92 Å². The zero-order chi connectivity index (χ0) is 12.7. The number of hydrogen-bond acceptors (Lipinski definition) is 3. The molecule has 17 heavy (non-hydrogen) atoms. The van der Waals surface area contributed by atoms with Crippen molar-refractivity contribution in [2.75, 3.05) is 13.1 Å². The molecule has 1 amide bonds. The van der Waals surface area contributed by atoms with Crippen LogP contribution in [-0.4, -0.2) is 28.5 Å². The first-order chi connectivity index (χ1) is 8.13. The highest BCUT2D eigenvalue weighted by Crippen LogP contribution is 1.97. The van der Waals surface area contributed by atoms with E-state index in [-0.39, 0.29) is 5.91 Å². The summed E-state index contributed by atoms with van der Waals surface area (Å²) < 4.78 is 2.05. The van der Waals surface area contributed by atoms with Gasteiger partial charge in [-0.15, -0.1) is 0 Å². The molecule has 2 N–H and O–H groups in total. The Morgan fingerprint density at radius 3 is 2.94 bits per heavy atom. The van der Waals surface area contributed by atoms with Crippen molar-refractivity contribution in [1.29, 1.82) is 0 Å². The second-order valence-corrected chi connectivity index (χ2v) is 4.47. The van der Waals surface area contributed by atoms with Gasteiger partial charge in [0.05, 0.1) is 18.6 Å². The summed E-state index contributed by atoms with van der Waals surface area (Å²) in [5, 5.41) is 5.98. The van der Waals surface area contributed by atoms with E-state index in [1.807, 2.05) is 6.20 Å². The normalized spacial score (nSPS) is 10.8. The van der Waals surface area contributed by atoms with Crippen LogP contribution in [0.5, 0.6) is 0 Å². The largest absolute Gasteiger partial charge is 0.355 e. The minimum Gasteiger partial charge on any atom is -0.355 e. The lowest BCUT2D eigenvalue weighted by Gasteiger charge is -2.09. The Hall–Kier alpha value is -1.36. The Balaban J connectivity index is 2.21. The van der Waals surface area contributed by atoms with Crippen molar-refractivity contribution < 1.29 is 4.79 Å². The molecule has 5 heteroatoms. The molecule has 0 aliphatic carbocycles. The summed E-state index contributed by atoms with van der Waals surface area (Å²) in [6.45, 7) is 8.87. The topological polar surface area (TPSA) is 59.0 Å². The van der Waals surface area contributed by atoms with E-state index >= 15 is 0 Å². The van der Waals surface area contributed by atoms with Crippen molar-refractivity contribution in [2.24, 2.45) is 5.92 Å². The van der Waals surface area contributed by atoms with Gasteiger partial charge in [-0.1, -0.05) is 13.8 Å². The molecule has 1 aromatic rings. The Bertz CT molecular complexity index is 346. The van der Waals surface area contributed by atoms with Crippen LogP contribution in [0.15, 0.2) is 12.5 Å². The van der Waals surface area contributed by atoms with Gasteiger partial charge in [-0.05, 0) is 12.8 Å². The van der Waals surface area contributed by atoms with Crippen LogP contribution in [0.25, 0.3) is 0 Å². The molecule has 0 aromatic carbocycles. The number of aryl methyl sites for hydroxylation is 1. The quantitative estimate of drug-likeness (QED) is 0.737. The second-order valence-electron chi connectivity index (χ2n) is 4.47. The minimum atomic E-state index is 0.0428. The molecule has 0 fully saturated rings. The maximum Gasteiger partial charge on any atom is 0.233 e. The van der Waals surface area contributed by atoms with Crippen molar-refractivity contribution in [3.63, 3.8) is 0 Å². The molecule has 1 rings (SSSR count). The maximum absolute atomic E-state index is 11.4. The molecule has 0 atom stereocenters. The van der Waals surface area contributed by atoms with Crippen molar-refractivity contribution in [3.05, 3.63) is 18.2 Å².